The molecule has 0 heterocycles. The van der Waals surface area contributed by atoms with Crippen LogP contribution in [0.15, 0.2) is 12.1 Å². The smallest absolute Gasteiger partial charge is 0.288 e. The molecule has 0 bridgehead atoms. The molecule has 1 aromatic carbocycles. The Morgan fingerprint density at radius 1 is 1.29 bits per heavy atom. The van der Waals surface area contributed by atoms with Crippen molar-refractivity contribution in [3.8, 4) is 0 Å². The second-order valence-electron chi connectivity index (χ2n) is 2.41. The van der Waals surface area contributed by atoms with Crippen molar-refractivity contribution in [3.63, 3.8) is 0 Å². The van der Waals surface area contributed by atoms with Gasteiger partial charge in [0.25, 0.3) is 0 Å². The van der Waals surface area contributed by atoms with Crippen molar-refractivity contribution in [3.05, 3.63) is 34.4 Å². The molecule has 0 aliphatic rings. The van der Waals surface area contributed by atoms with Crippen molar-refractivity contribution in [1.29, 1.82) is 0 Å². The molecule has 0 amide bonds. The van der Waals surface area contributed by atoms with Crippen LogP contribution in [0.3, 0.4) is 0 Å². The lowest BCUT2D eigenvalue weighted by Crippen LogP contribution is -2.11. The van der Waals surface area contributed by atoms with E-state index in [0.29, 0.717) is 12.1 Å². The fourth-order valence-corrected chi connectivity index (χ4v) is 1.06. The van der Waals surface area contributed by atoms with Crippen LogP contribution in [0.2, 0.25) is 5.02 Å². The van der Waals surface area contributed by atoms with Crippen LogP contribution in [0, 0.1) is 11.6 Å². The number of rotatable bonds is 2. The van der Waals surface area contributed by atoms with Gasteiger partial charge >= 0.3 is 6.43 Å². The highest BCUT2D eigenvalue weighted by molar-refractivity contribution is 6.34. The number of carbonyl (C=O) groups excluding carboxylic acids is 1. The van der Waals surface area contributed by atoms with Gasteiger partial charge in [-0.15, -0.1) is 0 Å². The molecule has 0 aromatic heterocycles. The summed E-state index contributed by atoms with van der Waals surface area (Å²) in [5.74, 6) is -4.07. The van der Waals surface area contributed by atoms with Gasteiger partial charge in [-0.1, -0.05) is 11.6 Å². The van der Waals surface area contributed by atoms with Gasteiger partial charge in [0.05, 0.1) is 5.02 Å². The van der Waals surface area contributed by atoms with Crippen LogP contribution in [-0.2, 0) is 0 Å². The van der Waals surface area contributed by atoms with Gasteiger partial charge in [-0.2, -0.15) is 0 Å². The minimum atomic E-state index is -3.34. The molecule has 1 aromatic rings. The second kappa shape index (κ2) is 3.96. The van der Waals surface area contributed by atoms with Crippen molar-refractivity contribution in [2.45, 2.75) is 6.43 Å². The highest BCUT2D eigenvalue weighted by Crippen LogP contribution is 2.23. The van der Waals surface area contributed by atoms with Crippen LogP contribution in [-0.4, -0.2) is 12.2 Å². The van der Waals surface area contributed by atoms with Crippen LogP contribution in [0.25, 0.3) is 0 Å². The summed E-state index contributed by atoms with van der Waals surface area (Å²) >= 11 is 5.21. The third-order valence-electron chi connectivity index (χ3n) is 1.46. The monoisotopic (exact) mass is 226 g/mol. The SMILES string of the molecule is O=C(c1cc(F)cc(F)c1Cl)C(F)F. The number of hydrogen-bond donors (Lipinski definition) is 0. The standard InChI is InChI=1S/C8H3ClF4O/c9-6-4(7(14)8(12)13)1-3(10)2-5(6)11/h1-2,8H. The zero-order chi connectivity index (χ0) is 10.9. The molecule has 0 unspecified atom stereocenters. The lowest BCUT2D eigenvalue weighted by atomic mass is 10.1. The Kier molecular flexibility index (Phi) is 3.10. The zero-order valence-corrected chi connectivity index (χ0v) is 7.29. The van der Waals surface area contributed by atoms with E-state index in [-0.39, 0.29) is 0 Å². The Balaban J connectivity index is 3.27. The van der Waals surface area contributed by atoms with Crippen molar-refractivity contribution >= 4 is 17.4 Å². The Morgan fingerprint density at radius 3 is 2.36 bits per heavy atom. The third kappa shape index (κ3) is 2.04. The molecule has 6 heteroatoms. The van der Waals surface area contributed by atoms with Crippen molar-refractivity contribution < 1.29 is 22.4 Å². The number of benzene rings is 1. The van der Waals surface area contributed by atoms with Crippen LogP contribution in [0.5, 0.6) is 0 Å². The van der Waals surface area contributed by atoms with E-state index in [2.05, 4.69) is 0 Å². The quantitative estimate of drug-likeness (QED) is 0.430. The Morgan fingerprint density at radius 2 is 1.86 bits per heavy atom. The van der Waals surface area contributed by atoms with Crippen LogP contribution < -0.4 is 0 Å². The number of alkyl halides is 2. The summed E-state index contributed by atoms with van der Waals surface area (Å²) in [6.07, 6.45) is -3.34. The first kappa shape index (κ1) is 11.0. The second-order valence-corrected chi connectivity index (χ2v) is 2.79. The van der Waals surface area contributed by atoms with Crippen LogP contribution in [0.1, 0.15) is 10.4 Å². The van der Waals surface area contributed by atoms with Gasteiger partial charge in [-0.3, -0.25) is 4.79 Å². The summed E-state index contributed by atoms with van der Waals surface area (Å²) in [7, 11) is 0. The molecule has 0 atom stereocenters. The number of Topliss-reactive ketones (excluding diaryl/α,β-unsaturated/α-hetero) is 1. The molecule has 1 nitrogen and oxygen atoms in total. The maximum absolute atomic E-state index is 12.7. The predicted octanol–water partition coefficient (Wildman–Crippen LogP) is 3.07. The Bertz CT molecular complexity index is 378. The molecule has 0 aliphatic heterocycles. The maximum atomic E-state index is 12.7. The predicted molar refractivity (Wildman–Crippen MR) is 41.7 cm³/mol. The molecule has 0 saturated heterocycles. The van der Waals surface area contributed by atoms with Gasteiger partial charge in [0.15, 0.2) is 0 Å². The zero-order valence-electron chi connectivity index (χ0n) is 6.53. The summed E-state index contributed by atoms with van der Waals surface area (Å²) in [5.41, 5.74) is -0.848. The van der Waals surface area contributed by atoms with Gasteiger partial charge in [0.2, 0.25) is 5.78 Å². The molecule has 0 saturated carbocycles. The molecule has 76 valence electrons. The van der Waals surface area contributed by atoms with Gasteiger partial charge in [-0.25, -0.2) is 17.6 Å². The van der Waals surface area contributed by atoms with Gasteiger partial charge in [-0.05, 0) is 6.07 Å². The highest BCUT2D eigenvalue weighted by atomic mass is 35.5. The number of ketones is 1. The first-order chi connectivity index (χ1) is 6.43. The van der Waals surface area contributed by atoms with Crippen molar-refractivity contribution in [2.24, 2.45) is 0 Å². The van der Waals surface area contributed by atoms with E-state index in [0.717, 1.165) is 0 Å². The lowest BCUT2D eigenvalue weighted by molar-refractivity contribution is 0.0678. The van der Waals surface area contributed by atoms with E-state index in [1.54, 1.807) is 0 Å². The largest absolute Gasteiger partial charge is 0.300 e. The third-order valence-corrected chi connectivity index (χ3v) is 1.84. The molecule has 0 fully saturated rings. The molecular weight excluding hydrogens is 224 g/mol. The molecule has 0 aliphatic carbocycles. The average Bonchev–Trinajstić information content (AvgIpc) is 2.09. The van der Waals surface area contributed by atoms with E-state index in [1.165, 1.54) is 0 Å². The minimum Gasteiger partial charge on any atom is -0.288 e. The molecule has 14 heavy (non-hydrogen) atoms. The first-order valence-corrected chi connectivity index (χ1v) is 3.78. The molecule has 1 rings (SSSR count). The topological polar surface area (TPSA) is 17.1 Å². The highest BCUT2D eigenvalue weighted by Gasteiger charge is 2.23. The fourth-order valence-electron chi connectivity index (χ4n) is 0.853. The maximum Gasteiger partial charge on any atom is 0.300 e. The summed E-state index contributed by atoms with van der Waals surface area (Å²) < 4.78 is 49.0. The molecule has 0 radical (unpaired) electrons. The molecular formula is C8H3ClF4O. The minimum absolute atomic E-state index is 0.407. The number of hydrogen-bond acceptors (Lipinski definition) is 1. The van der Waals surface area contributed by atoms with Crippen LogP contribution in [0.4, 0.5) is 17.6 Å². The van der Waals surface area contributed by atoms with Crippen molar-refractivity contribution in [2.75, 3.05) is 0 Å². The van der Waals surface area contributed by atoms with E-state index in [9.17, 15) is 22.4 Å². The Labute approximate surface area is 81.3 Å². The number of carbonyl (C=O) groups is 1. The first-order valence-electron chi connectivity index (χ1n) is 3.40. The van der Waals surface area contributed by atoms with E-state index >= 15 is 0 Å². The van der Waals surface area contributed by atoms with E-state index in [4.69, 9.17) is 11.6 Å². The van der Waals surface area contributed by atoms with E-state index in [1.807, 2.05) is 0 Å². The van der Waals surface area contributed by atoms with E-state index < -0.39 is 34.4 Å². The fraction of sp³-hybridized carbons (Fsp3) is 0.125. The summed E-state index contributed by atoms with van der Waals surface area (Å²) in [5, 5.41) is -0.795. The van der Waals surface area contributed by atoms with Gasteiger partial charge in [0, 0.05) is 11.6 Å². The normalized spacial score (nSPS) is 10.7. The molecule has 0 N–H and O–H groups in total. The summed E-state index contributed by atoms with van der Waals surface area (Å²) in [6.45, 7) is 0. The average molecular weight is 227 g/mol. The summed E-state index contributed by atoms with van der Waals surface area (Å²) in [4.78, 5) is 10.7. The molecule has 0 spiro atoms. The van der Waals surface area contributed by atoms with Gasteiger partial charge in [0.1, 0.15) is 11.6 Å². The van der Waals surface area contributed by atoms with Crippen molar-refractivity contribution in [1.82, 2.24) is 0 Å². The van der Waals surface area contributed by atoms with Crippen LogP contribution >= 0.6 is 11.6 Å². The Hall–Kier alpha value is -1.10. The summed E-state index contributed by atoms with van der Waals surface area (Å²) in [6, 6.07) is 0.879. The van der Waals surface area contributed by atoms with Gasteiger partial charge < -0.3 is 0 Å². The number of halogens is 5. The lowest BCUT2D eigenvalue weighted by Gasteiger charge is -2.03.